The second-order valence-corrected chi connectivity index (χ2v) is 7.58. The maximum atomic E-state index is 14.6. The van der Waals surface area contributed by atoms with Gasteiger partial charge in [-0.15, -0.1) is 0 Å². The Labute approximate surface area is 191 Å². The minimum Gasteiger partial charge on any atom is -0.461 e. The van der Waals surface area contributed by atoms with Gasteiger partial charge >= 0.3 is 6.18 Å². The lowest BCUT2D eigenvalue weighted by molar-refractivity contribution is -0.140. The van der Waals surface area contributed by atoms with Gasteiger partial charge in [0.2, 0.25) is 12.1 Å². The monoisotopic (exact) mass is 467 g/mol. The molecule has 0 spiro atoms. The fourth-order valence-corrected chi connectivity index (χ4v) is 3.94. The van der Waals surface area contributed by atoms with Gasteiger partial charge in [0, 0.05) is 23.5 Å². The van der Waals surface area contributed by atoms with Crippen molar-refractivity contribution in [3.8, 4) is 11.1 Å². The van der Waals surface area contributed by atoms with Crippen LogP contribution in [0.4, 0.5) is 17.6 Å². The molecular weight excluding hydrogens is 450 g/mol. The summed E-state index contributed by atoms with van der Waals surface area (Å²) >= 11 is 0. The van der Waals surface area contributed by atoms with Crippen LogP contribution in [-0.2, 0) is 17.6 Å². The highest BCUT2D eigenvalue weighted by molar-refractivity contribution is 5.97. The number of hydrogen-bond acceptors (Lipinski definition) is 5. The SMILES string of the molecule is Fc1ccccc1-c1ccncc1CN1C(c2ccco2)=NOC1c1ccccc1C(F)(F)F. The first-order valence-electron chi connectivity index (χ1n) is 10.3. The minimum absolute atomic E-state index is 0.0356. The average Bonchev–Trinajstić information content (AvgIpc) is 3.49. The van der Waals surface area contributed by atoms with Crippen LogP contribution in [0.5, 0.6) is 0 Å². The first-order chi connectivity index (χ1) is 16.4. The zero-order valence-corrected chi connectivity index (χ0v) is 17.5. The van der Waals surface area contributed by atoms with Gasteiger partial charge in [-0.25, -0.2) is 4.39 Å². The Balaban J connectivity index is 1.60. The van der Waals surface area contributed by atoms with E-state index in [1.165, 1.54) is 36.7 Å². The number of pyridine rings is 1. The third-order valence-electron chi connectivity index (χ3n) is 5.48. The van der Waals surface area contributed by atoms with Crippen LogP contribution >= 0.6 is 0 Å². The van der Waals surface area contributed by atoms with E-state index in [-0.39, 0.29) is 17.9 Å². The van der Waals surface area contributed by atoms with Gasteiger partial charge in [0.15, 0.2) is 5.76 Å². The molecule has 0 saturated heterocycles. The summed E-state index contributed by atoms with van der Waals surface area (Å²) in [5.41, 5.74) is 0.551. The molecule has 4 aromatic rings. The number of rotatable bonds is 5. The Morgan fingerprint density at radius 1 is 0.912 bits per heavy atom. The largest absolute Gasteiger partial charge is 0.461 e. The lowest BCUT2D eigenvalue weighted by atomic mass is 10.00. The maximum Gasteiger partial charge on any atom is 0.416 e. The minimum atomic E-state index is -4.59. The van der Waals surface area contributed by atoms with Gasteiger partial charge < -0.3 is 14.2 Å². The molecule has 0 saturated carbocycles. The Bertz CT molecular complexity index is 1340. The summed E-state index contributed by atoms with van der Waals surface area (Å²) in [5, 5.41) is 4.04. The van der Waals surface area contributed by atoms with E-state index in [1.54, 1.807) is 47.5 Å². The molecule has 1 atom stereocenters. The molecule has 0 radical (unpaired) electrons. The number of nitrogens with zero attached hydrogens (tertiary/aromatic N) is 3. The molecule has 1 aliphatic rings. The van der Waals surface area contributed by atoms with Gasteiger partial charge in [-0.2, -0.15) is 13.2 Å². The number of amidine groups is 1. The molecular formula is C25H17F4N3O2. The summed E-state index contributed by atoms with van der Waals surface area (Å²) in [6.45, 7) is 0.0356. The van der Waals surface area contributed by atoms with E-state index in [0.717, 1.165) is 6.07 Å². The zero-order chi connectivity index (χ0) is 23.7. The van der Waals surface area contributed by atoms with E-state index >= 15 is 0 Å². The number of benzene rings is 2. The van der Waals surface area contributed by atoms with Crippen LogP contribution in [0, 0.1) is 5.82 Å². The van der Waals surface area contributed by atoms with Crippen molar-refractivity contribution in [2.45, 2.75) is 18.9 Å². The first-order valence-corrected chi connectivity index (χ1v) is 10.3. The summed E-state index contributed by atoms with van der Waals surface area (Å²) in [6.07, 6.45) is -1.27. The van der Waals surface area contributed by atoms with Crippen molar-refractivity contribution in [3.05, 3.63) is 114 Å². The average molecular weight is 467 g/mol. The second kappa shape index (κ2) is 8.66. The van der Waals surface area contributed by atoms with E-state index in [9.17, 15) is 17.6 Å². The Kier molecular flexibility index (Phi) is 5.53. The molecule has 0 fully saturated rings. The number of alkyl halides is 3. The van der Waals surface area contributed by atoms with Crippen molar-refractivity contribution in [2.24, 2.45) is 5.16 Å². The lowest BCUT2D eigenvalue weighted by Gasteiger charge is -2.27. The topological polar surface area (TPSA) is 50.9 Å². The predicted octanol–water partition coefficient (Wildman–Crippen LogP) is 6.39. The summed E-state index contributed by atoms with van der Waals surface area (Å²) < 4.78 is 61.3. The van der Waals surface area contributed by atoms with Gasteiger partial charge in [0.25, 0.3) is 0 Å². The molecule has 0 bridgehead atoms. The van der Waals surface area contributed by atoms with Gasteiger partial charge in [-0.3, -0.25) is 4.98 Å². The molecule has 9 heteroatoms. The summed E-state index contributed by atoms with van der Waals surface area (Å²) in [6, 6.07) is 16.4. The summed E-state index contributed by atoms with van der Waals surface area (Å²) in [7, 11) is 0. The van der Waals surface area contributed by atoms with Gasteiger partial charge in [-0.05, 0) is 41.5 Å². The molecule has 3 heterocycles. The molecule has 34 heavy (non-hydrogen) atoms. The molecule has 172 valence electrons. The van der Waals surface area contributed by atoms with Crippen molar-refractivity contribution < 1.29 is 26.8 Å². The van der Waals surface area contributed by atoms with E-state index in [2.05, 4.69) is 10.1 Å². The third kappa shape index (κ3) is 4.00. The van der Waals surface area contributed by atoms with Crippen LogP contribution in [0.1, 0.15) is 28.7 Å². The van der Waals surface area contributed by atoms with Crippen LogP contribution in [0.2, 0.25) is 0 Å². The van der Waals surface area contributed by atoms with Crippen LogP contribution in [0.3, 0.4) is 0 Å². The van der Waals surface area contributed by atoms with Gasteiger partial charge in [0.05, 0.1) is 18.4 Å². The molecule has 1 unspecified atom stereocenters. The fraction of sp³-hybridized carbons (Fsp3) is 0.120. The molecule has 0 N–H and O–H groups in total. The fourth-order valence-electron chi connectivity index (χ4n) is 3.94. The summed E-state index contributed by atoms with van der Waals surface area (Å²) in [4.78, 5) is 11.2. The van der Waals surface area contributed by atoms with Gasteiger partial charge in [0.1, 0.15) is 5.82 Å². The number of hydrogen-bond donors (Lipinski definition) is 0. The van der Waals surface area contributed by atoms with Crippen LogP contribution in [0.15, 0.2) is 95.0 Å². The van der Waals surface area contributed by atoms with Crippen LogP contribution in [-0.4, -0.2) is 15.7 Å². The molecule has 2 aromatic carbocycles. The number of oxime groups is 1. The Morgan fingerprint density at radius 2 is 1.71 bits per heavy atom. The Morgan fingerprint density at radius 3 is 2.47 bits per heavy atom. The van der Waals surface area contributed by atoms with E-state index in [4.69, 9.17) is 9.25 Å². The quantitative estimate of drug-likeness (QED) is 0.319. The number of aromatic nitrogens is 1. The van der Waals surface area contributed by atoms with E-state index in [0.29, 0.717) is 22.5 Å². The molecule has 2 aromatic heterocycles. The standard InChI is InChI=1S/C25H17F4N3O2/c26-21-9-4-2-6-18(21)17-11-12-30-14-16(17)15-32-23(22-10-5-13-33-22)31-34-24(32)19-7-1-3-8-20(19)25(27,28)29/h1-14,24H,15H2. The van der Waals surface area contributed by atoms with Crippen molar-refractivity contribution >= 4 is 5.84 Å². The van der Waals surface area contributed by atoms with Crippen molar-refractivity contribution in [1.29, 1.82) is 0 Å². The highest BCUT2D eigenvalue weighted by Gasteiger charge is 2.41. The molecule has 0 aliphatic carbocycles. The maximum absolute atomic E-state index is 14.6. The second-order valence-electron chi connectivity index (χ2n) is 7.58. The predicted molar refractivity (Wildman–Crippen MR) is 116 cm³/mol. The van der Waals surface area contributed by atoms with Gasteiger partial charge in [-0.1, -0.05) is 41.6 Å². The molecule has 1 aliphatic heterocycles. The smallest absolute Gasteiger partial charge is 0.416 e. The number of halogens is 4. The summed E-state index contributed by atoms with van der Waals surface area (Å²) in [5.74, 6) is 0.116. The first kappa shape index (κ1) is 21.7. The molecule has 5 nitrogen and oxygen atoms in total. The van der Waals surface area contributed by atoms with E-state index in [1.807, 2.05) is 0 Å². The number of furan rings is 1. The van der Waals surface area contributed by atoms with Crippen LogP contribution < -0.4 is 0 Å². The third-order valence-corrected chi connectivity index (χ3v) is 5.48. The highest BCUT2D eigenvalue weighted by atomic mass is 19.4. The van der Waals surface area contributed by atoms with Crippen LogP contribution in [0.25, 0.3) is 11.1 Å². The molecule has 0 amide bonds. The Hall–Kier alpha value is -4.14. The van der Waals surface area contributed by atoms with Crippen molar-refractivity contribution in [3.63, 3.8) is 0 Å². The van der Waals surface area contributed by atoms with E-state index < -0.39 is 23.8 Å². The zero-order valence-electron chi connectivity index (χ0n) is 17.5. The van der Waals surface area contributed by atoms with Crippen molar-refractivity contribution in [2.75, 3.05) is 0 Å². The lowest BCUT2D eigenvalue weighted by Crippen LogP contribution is -2.32. The normalized spacial score (nSPS) is 15.8. The molecule has 5 rings (SSSR count). The highest BCUT2D eigenvalue weighted by Crippen LogP contribution is 2.40. The van der Waals surface area contributed by atoms with Crippen molar-refractivity contribution in [1.82, 2.24) is 9.88 Å².